The summed E-state index contributed by atoms with van der Waals surface area (Å²) in [6.45, 7) is 4.36. The Morgan fingerprint density at radius 1 is 0.852 bits per heavy atom. The lowest BCUT2D eigenvalue weighted by molar-refractivity contribution is -0.116. The standard InChI is InChI=1S/C23H23NO3/c1-17-7-11-20(12-8-17)27-21-13-9-19(10-14-21)24-23(25)15-16-26-22-6-4-3-5-18(22)2/h3-14H,15-16H2,1-2H3,(H,24,25). The zero-order valence-corrected chi connectivity index (χ0v) is 15.6. The van der Waals surface area contributed by atoms with E-state index >= 15 is 0 Å². The first kappa shape index (κ1) is 18.5. The average molecular weight is 361 g/mol. The molecule has 0 spiro atoms. The summed E-state index contributed by atoms with van der Waals surface area (Å²) in [7, 11) is 0. The van der Waals surface area contributed by atoms with Crippen LogP contribution in [-0.2, 0) is 4.79 Å². The first-order valence-electron chi connectivity index (χ1n) is 8.93. The minimum atomic E-state index is -0.0872. The number of carbonyl (C=O) groups excluding carboxylic acids is 1. The second kappa shape index (κ2) is 8.90. The van der Waals surface area contributed by atoms with Crippen molar-refractivity contribution >= 4 is 11.6 Å². The molecule has 27 heavy (non-hydrogen) atoms. The first-order valence-corrected chi connectivity index (χ1v) is 8.93. The fourth-order valence-corrected chi connectivity index (χ4v) is 2.54. The Morgan fingerprint density at radius 2 is 1.48 bits per heavy atom. The van der Waals surface area contributed by atoms with E-state index in [1.165, 1.54) is 5.56 Å². The Balaban J connectivity index is 1.46. The van der Waals surface area contributed by atoms with Gasteiger partial charge in [0.2, 0.25) is 5.91 Å². The number of benzene rings is 3. The second-order valence-corrected chi connectivity index (χ2v) is 6.35. The molecule has 1 N–H and O–H groups in total. The van der Waals surface area contributed by atoms with Crippen molar-refractivity contribution in [1.82, 2.24) is 0 Å². The molecule has 0 radical (unpaired) electrons. The van der Waals surface area contributed by atoms with Crippen molar-refractivity contribution in [3.8, 4) is 17.2 Å². The van der Waals surface area contributed by atoms with E-state index in [0.717, 1.165) is 28.5 Å². The van der Waals surface area contributed by atoms with Crippen molar-refractivity contribution in [3.05, 3.63) is 83.9 Å². The predicted molar refractivity (Wildman–Crippen MR) is 108 cm³/mol. The number of carbonyl (C=O) groups is 1. The summed E-state index contributed by atoms with van der Waals surface area (Å²) >= 11 is 0. The van der Waals surface area contributed by atoms with Gasteiger partial charge in [0, 0.05) is 5.69 Å². The Morgan fingerprint density at radius 3 is 2.15 bits per heavy atom. The summed E-state index contributed by atoms with van der Waals surface area (Å²) in [5.74, 6) is 2.23. The number of aryl methyl sites for hydroxylation is 2. The zero-order chi connectivity index (χ0) is 19.1. The van der Waals surface area contributed by atoms with E-state index in [9.17, 15) is 4.79 Å². The van der Waals surface area contributed by atoms with Crippen molar-refractivity contribution in [2.75, 3.05) is 11.9 Å². The molecule has 4 heteroatoms. The van der Waals surface area contributed by atoms with Gasteiger partial charge in [-0.05, 0) is 61.9 Å². The van der Waals surface area contributed by atoms with E-state index in [1.54, 1.807) is 0 Å². The normalized spacial score (nSPS) is 10.3. The fourth-order valence-electron chi connectivity index (χ4n) is 2.54. The molecule has 4 nitrogen and oxygen atoms in total. The second-order valence-electron chi connectivity index (χ2n) is 6.35. The minimum absolute atomic E-state index is 0.0872. The minimum Gasteiger partial charge on any atom is -0.493 e. The highest BCUT2D eigenvalue weighted by Crippen LogP contribution is 2.23. The Bertz CT molecular complexity index is 886. The van der Waals surface area contributed by atoms with Crippen molar-refractivity contribution in [3.63, 3.8) is 0 Å². The SMILES string of the molecule is Cc1ccc(Oc2ccc(NC(=O)CCOc3ccccc3C)cc2)cc1. The molecule has 0 saturated carbocycles. The number of rotatable bonds is 7. The predicted octanol–water partition coefficient (Wildman–Crippen LogP) is 5.50. The van der Waals surface area contributed by atoms with Gasteiger partial charge in [-0.3, -0.25) is 4.79 Å². The topological polar surface area (TPSA) is 47.6 Å². The molecule has 3 aromatic carbocycles. The van der Waals surface area contributed by atoms with Crippen LogP contribution in [0.15, 0.2) is 72.8 Å². The van der Waals surface area contributed by atoms with Crippen LogP contribution < -0.4 is 14.8 Å². The summed E-state index contributed by atoms with van der Waals surface area (Å²) in [6.07, 6.45) is 0.288. The van der Waals surface area contributed by atoms with Gasteiger partial charge in [0.05, 0.1) is 13.0 Å². The van der Waals surface area contributed by atoms with Gasteiger partial charge < -0.3 is 14.8 Å². The molecule has 3 aromatic rings. The highest BCUT2D eigenvalue weighted by atomic mass is 16.5. The summed E-state index contributed by atoms with van der Waals surface area (Å²) < 4.78 is 11.4. The zero-order valence-electron chi connectivity index (χ0n) is 15.6. The number of nitrogens with one attached hydrogen (secondary N) is 1. The lowest BCUT2D eigenvalue weighted by Crippen LogP contribution is -2.15. The van der Waals surface area contributed by atoms with Crippen LogP contribution in [0.3, 0.4) is 0 Å². The van der Waals surface area contributed by atoms with E-state index in [-0.39, 0.29) is 12.3 Å². The van der Waals surface area contributed by atoms with Gasteiger partial charge in [-0.1, -0.05) is 35.9 Å². The average Bonchev–Trinajstić information content (AvgIpc) is 2.67. The molecule has 0 aliphatic rings. The highest BCUT2D eigenvalue weighted by Gasteiger charge is 2.05. The number of amides is 1. The maximum atomic E-state index is 12.1. The van der Waals surface area contributed by atoms with Crippen LogP contribution in [-0.4, -0.2) is 12.5 Å². The molecule has 0 aromatic heterocycles. The van der Waals surface area contributed by atoms with Crippen LogP contribution in [0.25, 0.3) is 0 Å². The van der Waals surface area contributed by atoms with Gasteiger partial charge in [0.1, 0.15) is 17.2 Å². The first-order chi connectivity index (χ1) is 13.1. The van der Waals surface area contributed by atoms with Gasteiger partial charge in [-0.2, -0.15) is 0 Å². The summed E-state index contributed by atoms with van der Waals surface area (Å²) in [5.41, 5.74) is 2.97. The van der Waals surface area contributed by atoms with Crippen LogP contribution in [0.2, 0.25) is 0 Å². The summed E-state index contributed by atoms with van der Waals surface area (Å²) in [5, 5.41) is 2.87. The third-order valence-electron chi connectivity index (χ3n) is 4.08. The lowest BCUT2D eigenvalue weighted by atomic mass is 10.2. The molecule has 3 rings (SSSR count). The number of anilines is 1. The van der Waals surface area contributed by atoms with E-state index in [2.05, 4.69) is 5.32 Å². The maximum absolute atomic E-state index is 12.1. The molecular weight excluding hydrogens is 338 g/mol. The number of hydrogen-bond acceptors (Lipinski definition) is 3. The fraction of sp³-hybridized carbons (Fsp3) is 0.174. The third-order valence-corrected chi connectivity index (χ3v) is 4.08. The van der Waals surface area contributed by atoms with Crippen LogP contribution >= 0.6 is 0 Å². The monoisotopic (exact) mass is 361 g/mol. The molecule has 0 unspecified atom stereocenters. The van der Waals surface area contributed by atoms with E-state index in [1.807, 2.05) is 86.6 Å². The van der Waals surface area contributed by atoms with Gasteiger partial charge in [-0.15, -0.1) is 0 Å². The number of ether oxygens (including phenoxy) is 2. The summed E-state index contributed by atoms with van der Waals surface area (Å²) in [4.78, 5) is 12.1. The number of para-hydroxylation sites is 1. The van der Waals surface area contributed by atoms with Crippen molar-refractivity contribution in [2.45, 2.75) is 20.3 Å². The van der Waals surface area contributed by atoms with E-state index in [4.69, 9.17) is 9.47 Å². The lowest BCUT2D eigenvalue weighted by Gasteiger charge is -2.10. The molecule has 0 fully saturated rings. The van der Waals surface area contributed by atoms with Gasteiger partial charge in [0.25, 0.3) is 0 Å². The Kier molecular flexibility index (Phi) is 6.10. The third kappa shape index (κ3) is 5.61. The molecule has 0 atom stereocenters. The van der Waals surface area contributed by atoms with Gasteiger partial charge in [-0.25, -0.2) is 0 Å². The molecule has 1 amide bonds. The van der Waals surface area contributed by atoms with Crippen molar-refractivity contribution < 1.29 is 14.3 Å². The van der Waals surface area contributed by atoms with E-state index < -0.39 is 0 Å². The van der Waals surface area contributed by atoms with Crippen LogP contribution in [0, 0.1) is 13.8 Å². The van der Waals surface area contributed by atoms with Crippen molar-refractivity contribution in [1.29, 1.82) is 0 Å². The Labute approximate surface area is 159 Å². The molecule has 138 valence electrons. The van der Waals surface area contributed by atoms with E-state index in [0.29, 0.717) is 6.61 Å². The largest absolute Gasteiger partial charge is 0.493 e. The van der Waals surface area contributed by atoms with Crippen LogP contribution in [0.5, 0.6) is 17.2 Å². The molecule has 0 bridgehead atoms. The maximum Gasteiger partial charge on any atom is 0.227 e. The van der Waals surface area contributed by atoms with Crippen LogP contribution in [0.1, 0.15) is 17.5 Å². The highest BCUT2D eigenvalue weighted by molar-refractivity contribution is 5.90. The van der Waals surface area contributed by atoms with Gasteiger partial charge >= 0.3 is 0 Å². The molecule has 0 aliphatic carbocycles. The Hall–Kier alpha value is -3.27. The van der Waals surface area contributed by atoms with Crippen LogP contribution in [0.4, 0.5) is 5.69 Å². The molecule has 0 saturated heterocycles. The number of hydrogen-bond donors (Lipinski definition) is 1. The van der Waals surface area contributed by atoms with Crippen molar-refractivity contribution in [2.24, 2.45) is 0 Å². The molecular formula is C23H23NO3. The quantitative estimate of drug-likeness (QED) is 0.604. The smallest absolute Gasteiger partial charge is 0.227 e. The van der Waals surface area contributed by atoms with Gasteiger partial charge in [0.15, 0.2) is 0 Å². The summed E-state index contributed by atoms with van der Waals surface area (Å²) in [6, 6.07) is 22.9. The molecule has 0 heterocycles. The molecule has 0 aliphatic heterocycles.